The van der Waals surface area contributed by atoms with Crippen LogP contribution in [0.3, 0.4) is 0 Å². The molecule has 100 valence electrons. The van der Waals surface area contributed by atoms with Gasteiger partial charge in [0.05, 0.1) is 21.4 Å². The van der Waals surface area contributed by atoms with Crippen LogP contribution in [-0.2, 0) is 6.94 Å². The van der Waals surface area contributed by atoms with Crippen molar-refractivity contribution in [1.29, 1.82) is 0 Å². The first kappa shape index (κ1) is 15.4. The molecular weight excluding hydrogens is 508 g/mol. The molecule has 1 heterocycles. The molecule has 3 nitrogen and oxygen atoms in total. The summed E-state index contributed by atoms with van der Waals surface area (Å²) in [5, 5.41) is 3.71. The minimum absolute atomic E-state index is 0.106. The van der Waals surface area contributed by atoms with E-state index >= 15 is 0 Å². The third-order valence-electron chi connectivity index (χ3n) is 2.41. The number of pyridine rings is 1. The number of hydrogen-bond donors (Lipinski definition) is 1. The first-order chi connectivity index (χ1) is 8.79. The molecule has 0 aliphatic carbocycles. The monoisotopic (exact) mass is 512 g/mol. The number of hydrogen-bond acceptors (Lipinski definition) is 2. The lowest BCUT2D eigenvalue weighted by Gasteiger charge is -2.13. The summed E-state index contributed by atoms with van der Waals surface area (Å²) in [7, 11) is 0. The summed E-state index contributed by atoms with van der Waals surface area (Å²) < 4.78 is 0.285. The fourth-order valence-electron chi connectivity index (χ4n) is 1.61. The van der Waals surface area contributed by atoms with Crippen LogP contribution in [0.25, 0.3) is 10.9 Å². The van der Waals surface area contributed by atoms with Gasteiger partial charge in [-0.25, -0.2) is 4.98 Å². The minimum atomic E-state index is -0.538. The highest BCUT2D eigenvalue weighted by molar-refractivity contribution is 9.38. The molecule has 7 heteroatoms. The maximum Gasteiger partial charge on any atom is 0.221 e. The Hall–Kier alpha value is 0.0200. The molecule has 2 rings (SSSR count). The van der Waals surface area contributed by atoms with E-state index in [9.17, 15) is 4.79 Å². The Morgan fingerprint density at radius 2 is 1.89 bits per heavy atom. The van der Waals surface area contributed by atoms with E-state index in [0.717, 1.165) is 26.8 Å². The fraction of sp³-hybridized carbons (Fsp3) is 0.167. The molecule has 19 heavy (non-hydrogen) atoms. The molecule has 1 aromatic heterocycles. The lowest BCUT2D eigenvalue weighted by Crippen LogP contribution is -2.07. The van der Waals surface area contributed by atoms with Crippen LogP contribution in [-0.4, -0.2) is 10.9 Å². The van der Waals surface area contributed by atoms with E-state index in [1.54, 1.807) is 0 Å². The van der Waals surface area contributed by atoms with Crippen molar-refractivity contribution in [3.63, 3.8) is 0 Å². The van der Waals surface area contributed by atoms with Gasteiger partial charge in [-0.05, 0) is 40.2 Å². The van der Waals surface area contributed by atoms with Crippen LogP contribution in [0.1, 0.15) is 12.6 Å². The number of halogens is 4. The maximum atomic E-state index is 11.1. The zero-order valence-corrected chi connectivity index (χ0v) is 16.0. The number of anilines is 1. The highest BCUT2D eigenvalue weighted by Crippen LogP contribution is 2.44. The first-order valence-corrected chi connectivity index (χ1v) is 8.40. The maximum absolute atomic E-state index is 11.1. The average molecular weight is 516 g/mol. The van der Waals surface area contributed by atoms with Crippen LogP contribution < -0.4 is 5.32 Å². The van der Waals surface area contributed by atoms with Crippen LogP contribution in [0.5, 0.6) is 0 Å². The van der Waals surface area contributed by atoms with Gasteiger partial charge in [-0.3, -0.25) is 4.79 Å². The van der Waals surface area contributed by atoms with E-state index < -0.39 is 2.14 Å². The molecule has 0 fully saturated rings. The molecule has 0 spiro atoms. The zero-order valence-electron chi connectivity index (χ0n) is 9.68. The Kier molecular flexibility index (Phi) is 4.70. The number of aromatic nitrogens is 1. The van der Waals surface area contributed by atoms with Crippen molar-refractivity contribution in [3.8, 4) is 0 Å². The number of fused-ring (bicyclic) bond motifs is 1. The third kappa shape index (κ3) is 3.56. The Morgan fingerprint density at radius 1 is 1.21 bits per heavy atom. The highest BCUT2D eigenvalue weighted by Gasteiger charge is 2.23. The van der Waals surface area contributed by atoms with Crippen LogP contribution >= 0.6 is 63.7 Å². The smallest absolute Gasteiger partial charge is 0.221 e. The lowest BCUT2D eigenvalue weighted by molar-refractivity contribution is -0.114. The second-order valence-corrected chi connectivity index (χ2v) is 11.4. The Balaban J connectivity index is 2.57. The fourth-order valence-corrected chi connectivity index (χ4v) is 2.84. The molecule has 0 radical (unpaired) electrons. The van der Waals surface area contributed by atoms with Crippen LogP contribution in [0.2, 0.25) is 0 Å². The quantitative estimate of drug-likeness (QED) is 0.527. The van der Waals surface area contributed by atoms with Gasteiger partial charge in [0, 0.05) is 12.3 Å². The molecule has 1 aromatic carbocycles. The standard InChI is InChI=1S/C12H8Br4N2O/c1-6(19)17-9-4-3-8-7(11(9)13)2-5-10(18-8)12(14,15)16/h2-5H,1H3,(H,17,19). The summed E-state index contributed by atoms with van der Waals surface area (Å²) in [4.78, 5) is 15.7. The molecular formula is C12H8Br4N2O. The number of nitrogens with zero attached hydrogens (tertiary/aromatic N) is 1. The summed E-state index contributed by atoms with van der Waals surface area (Å²) in [5.41, 5.74) is 2.37. The van der Waals surface area contributed by atoms with Crippen LogP contribution in [0.4, 0.5) is 5.69 Å². The van der Waals surface area contributed by atoms with Gasteiger partial charge in [0.15, 0.2) is 2.14 Å². The van der Waals surface area contributed by atoms with Crippen LogP contribution in [0.15, 0.2) is 28.7 Å². The van der Waals surface area contributed by atoms with E-state index in [1.807, 2.05) is 24.3 Å². The molecule has 2 aromatic rings. The zero-order chi connectivity index (χ0) is 14.2. The molecule has 0 aliphatic rings. The lowest BCUT2D eigenvalue weighted by atomic mass is 10.2. The topological polar surface area (TPSA) is 42.0 Å². The van der Waals surface area contributed by atoms with Crippen LogP contribution in [0, 0.1) is 0 Å². The summed E-state index contributed by atoms with van der Waals surface area (Å²) in [5.74, 6) is -0.106. The molecule has 0 unspecified atom stereocenters. The van der Waals surface area contributed by atoms with E-state index in [1.165, 1.54) is 6.92 Å². The first-order valence-electron chi connectivity index (χ1n) is 5.23. The molecule has 1 amide bonds. The van der Waals surface area contributed by atoms with Crippen molar-refractivity contribution in [2.24, 2.45) is 0 Å². The van der Waals surface area contributed by atoms with Gasteiger partial charge in [0.25, 0.3) is 0 Å². The summed E-state index contributed by atoms with van der Waals surface area (Å²) >= 11 is 13.8. The van der Waals surface area contributed by atoms with Gasteiger partial charge in [-0.1, -0.05) is 47.8 Å². The van der Waals surface area contributed by atoms with Gasteiger partial charge in [-0.2, -0.15) is 0 Å². The number of carbonyl (C=O) groups is 1. The predicted molar refractivity (Wildman–Crippen MR) is 92.2 cm³/mol. The Morgan fingerprint density at radius 3 is 2.47 bits per heavy atom. The number of alkyl halides is 3. The van der Waals surface area contributed by atoms with E-state index in [2.05, 4.69) is 74.0 Å². The van der Waals surface area contributed by atoms with Crippen molar-refractivity contribution >= 4 is 86.2 Å². The minimum Gasteiger partial charge on any atom is -0.325 e. The predicted octanol–water partition coefficient (Wildman–Crippen LogP) is 5.25. The molecule has 1 N–H and O–H groups in total. The number of carbonyl (C=O) groups excluding carboxylic acids is 1. The summed E-state index contributed by atoms with van der Waals surface area (Å²) in [6.45, 7) is 1.48. The van der Waals surface area contributed by atoms with Crippen molar-refractivity contribution in [1.82, 2.24) is 4.98 Å². The average Bonchev–Trinajstić information content (AvgIpc) is 2.31. The summed E-state index contributed by atoms with van der Waals surface area (Å²) in [6.07, 6.45) is 0. The van der Waals surface area contributed by atoms with Gasteiger partial charge < -0.3 is 5.32 Å². The number of amides is 1. The Bertz CT molecular complexity index is 652. The van der Waals surface area contributed by atoms with E-state index in [0.29, 0.717) is 0 Å². The molecule has 0 atom stereocenters. The SMILES string of the molecule is CC(=O)Nc1ccc2nc(C(Br)(Br)Br)ccc2c1Br. The number of benzene rings is 1. The normalized spacial score (nSPS) is 11.6. The molecule has 0 saturated heterocycles. The van der Waals surface area contributed by atoms with Gasteiger partial charge >= 0.3 is 0 Å². The van der Waals surface area contributed by atoms with Gasteiger partial charge in [-0.15, -0.1) is 0 Å². The van der Waals surface area contributed by atoms with E-state index in [4.69, 9.17) is 0 Å². The second-order valence-electron chi connectivity index (χ2n) is 3.87. The largest absolute Gasteiger partial charge is 0.325 e. The Labute approximate surface area is 144 Å². The van der Waals surface area contributed by atoms with Crippen molar-refractivity contribution in [3.05, 3.63) is 34.4 Å². The molecule has 0 aliphatic heterocycles. The molecule has 0 saturated carbocycles. The van der Waals surface area contributed by atoms with Gasteiger partial charge in [0.1, 0.15) is 0 Å². The van der Waals surface area contributed by atoms with E-state index in [-0.39, 0.29) is 5.91 Å². The summed E-state index contributed by atoms with van der Waals surface area (Å²) in [6, 6.07) is 7.53. The second kappa shape index (κ2) is 5.79. The highest BCUT2D eigenvalue weighted by atomic mass is 80.0. The van der Waals surface area contributed by atoms with Crippen molar-refractivity contribution < 1.29 is 4.79 Å². The van der Waals surface area contributed by atoms with Crippen molar-refractivity contribution in [2.75, 3.05) is 5.32 Å². The van der Waals surface area contributed by atoms with Crippen molar-refractivity contribution in [2.45, 2.75) is 9.07 Å². The van der Waals surface area contributed by atoms with Gasteiger partial charge in [0.2, 0.25) is 5.91 Å². The number of nitrogens with one attached hydrogen (secondary N) is 1. The molecule has 0 bridgehead atoms. The third-order valence-corrected chi connectivity index (χ3v) is 4.48. The number of rotatable bonds is 1.